The number of nitrogens with zero attached hydrogens (tertiary/aromatic N) is 1. The van der Waals surface area contributed by atoms with E-state index in [4.69, 9.17) is 4.74 Å². The van der Waals surface area contributed by atoms with Gasteiger partial charge in [-0.3, -0.25) is 4.90 Å². The number of benzene rings is 1. The van der Waals surface area contributed by atoms with E-state index in [1.807, 2.05) is 0 Å². The summed E-state index contributed by atoms with van der Waals surface area (Å²) < 4.78 is 18.5. The molecule has 1 heterocycles. The zero-order valence-corrected chi connectivity index (χ0v) is 10.4. The molecule has 1 aromatic carbocycles. The van der Waals surface area contributed by atoms with Crippen LogP contribution in [0.3, 0.4) is 0 Å². The highest BCUT2D eigenvalue weighted by molar-refractivity contribution is 5.33. The minimum atomic E-state index is -0.205. The second-order valence-electron chi connectivity index (χ2n) is 4.55. The van der Waals surface area contributed by atoms with Gasteiger partial charge in [-0.15, -0.1) is 0 Å². The average Bonchev–Trinajstić information content (AvgIpc) is 2.29. The van der Waals surface area contributed by atoms with E-state index in [-0.39, 0.29) is 5.82 Å². The van der Waals surface area contributed by atoms with Crippen molar-refractivity contribution in [2.75, 3.05) is 26.7 Å². The minimum absolute atomic E-state index is 0.205. The van der Waals surface area contributed by atoms with Gasteiger partial charge in [0.25, 0.3) is 0 Å². The summed E-state index contributed by atoms with van der Waals surface area (Å²) in [5.74, 6) is 0.557. The summed E-state index contributed by atoms with van der Waals surface area (Å²) >= 11 is 0. The Kier molecular flexibility index (Phi) is 3.97. The highest BCUT2D eigenvalue weighted by Crippen LogP contribution is 2.21. The Bertz CT molecular complexity index is 384. The molecule has 0 unspecified atom stereocenters. The number of rotatable bonds is 3. The van der Waals surface area contributed by atoms with E-state index in [0.717, 1.165) is 37.5 Å². The topological polar surface area (TPSA) is 24.5 Å². The number of nitrogens with one attached hydrogen (secondary N) is 1. The first kappa shape index (κ1) is 12.3. The van der Waals surface area contributed by atoms with Crippen molar-refractivity contribution in [1.82, 2.24) is 10.2 Å². The minimum Gasteiger partial charge on any atom is -0.496 e. The maximum atomic E-state index is 13.2. The first-order valence-electron chi connectivity index (χ1n) is 5.97. The average molecular weight is 238 g/mol. The summed E-state index contributed by atoms with van der Waals surface area (Å²) in [7, 11) is 1.62. The molecule has 1 fully saturated rings. The summed E-state index contributed by atoms with van der Waals surface area (Å²) in [6.45, 7) is 5.87. The van der Waals surface area contributed by atoms with Crippen LogP contribution in [0.15, 0.2) is 18.2 Å². The Labute approximate surface area is 102 Å². The SMILES string of the molecule is COc1ccc(F)cc1CN1CCN[C@H](C)C1. The van der Waals surface area contributed by atoms with Crippen LogP contribution in [0.4, 0.5) is 4.39 Å². The molecule has 0 aliphatic carbocycles. The first-order chi connectivity index (χ1) is 8.19. The van der Waals surface area contributed by atoms with E-state index < -0.39 is 0 Å². The molecule has 0 amide bonds. The largest absolute Gasteiger partial charge is 0.496 e. The molecular formula is C13H19FN2O. The fourth-order valence-corrected chi connectivity index (χ4v) is 2.27. The van der Waals surface area contributed by atoms with Crippen molar-refractivity contribution >= 4 is 0 Å². The highest BCUT2D eigenvalue weighted by Gasteiger charge is 2.17. The van der Waals surface area contributed by atoms with Crippen LogP contribution >= 0.6 is 0 Å². The lowest BCUT2D eigenvalue weighted by Crippen LogP contribution is -2.48. The molecule has 3 nitrogen and oxygen atoms in total. The molecule has 1 aliphatic rings. The quantitative estimate of drug-likeness (QED) is 0.866. The predicted octanol–water partition coefficient (Wildman–Crippen LogP) is 1.63. The number of hydrogen-bond donors (Lipinski definition) is 1. The second kappa shape index (κ2) is 5.47. The zero-order chi connectivity index (χ0) is 12.3. The Morgan fingerprint density at radius 2 is 2.35 bits per heavy atom. The van der Waals surface area contributed by atoms with Gasteiger partial charge in [-0.25, -0.2) is 4.39 Å². The Morgan fingerprint density at radius 1 is 1.53 bits per heavy atom. The van der Waals surface area contributed by atoms with Gasteiger partial charge in [0.1, 0.15) is 11.6 Å². The molecule has 0 spiro atoms. The van der Waals surface area contributed by atoms with Crippen LogP contribution < -0.4 is 10.1 Å². The summed E-state index contributed by atoms with van der Waals surface area (Å²) in [5.41, 5.74) is 0.918. The van der Waals surface area contributed by atoms with Crippen LogP contribution in [-0.4, -0.2) is 37.7 Å². The molecular weight excluding hydrogens is 219 g/mol. The van der Waals surface area contributed by atoms with Crippen LogP contribution in [0.2, 0.25) is 0 Å². The van der Waals surface area contributed by atoms with Gasteiger partial charge in [-0.05, 0) is 25.1 Å². The molecule has 0 saturated carbocycles. The van der Waals surface area contributed by atoms with Crippen LogP contribution in [0.5, 0.6) is 5.75 Å². The van der Waals surface area contributed by atoms with Gasteiger partial charge in [0, 0.05) is 37.8 Å². The van der Waals surface area contributed by atoms with Crippen molar-refractivity contribution in [2.45, 2.75) is 19.5 Å². The van der Waals surface area contributed by atoms with Crippen LogP contribution in [0, 0.1) is 5.82 Å². The maximum absolute atomic E-state index is 13.2. The zero-order valence-electron chi connectivity index (χ0n) is 10.4. The smallest absolute Gasteiger partial charge is 0.123 e. The van der Waals surface area contributed by atoms with Crippen LogP contribution in [0.1, 0.15) is 12.5 Å². The third kappa shape index (κ3) is 3.17. The van der Waals surface area contributed by atoms with Gasteiger partial charge < -0.3 is 10.1 Å². The summed E-state index contributed by atoms with van der Waals surface area (Å²) in [4.78, 5) is 2.32. The molecule has 1 N–H and O–H groups in total. The third-order valence-electron chi connectivity index (χ3n) is 3.09. The summed E-state index contributed by atoms with van der Waals surface area (Å²) in [6, 6.07) is 5.17. The maximum Gasteiger partial charge on any atom is 0.123 e. The Hall–Kier alpha value is -1.13. The van der Waals surface area contributed by atoms with E-state index in [1.165, 1.54) is 6.07 Å². The molecule has 1 atom stereocenters. The van der Waals surface area contributed by atoms with E-state index >= 15 is 0 Å². The van der Waals surface area contributed by atoms with Crippen LogP contribution in [0.25, 0.3) is 0 Å². The van der Waals surface area contributed by atoms with Crippen molar-refractivity contribution in [2.24, 2.45) is 0 Å². The Balaban J connectivity index is 2.08. The molecule has 0 bridgehead atoms. The molecule has 1 aliphatic heterocycles. The normalized spacial score (nSPS) is 21.5. The highest BCUT2D eigenvalue weighted by atomic mass is 19.1. The predicted molar refractivity (Wildman–Crippen MR) is 65.7 cm³/mol. The van der Waals surface area contributed by atoms with E-state index in [0.29, 0.717) is 6.04 Å². The van der Waals surface area contributed by atoms with Gasteiger partial charge in [0.2, 0.25) is 0 Å². The van der Waals surface area contributed by atoms with Gasteiger partial charge in [-0.1, -0.05) is 0 Å². The van der Waals surface area contributed by atoms with E-state index in [2.05, 4.69) is 17.1 Å². The molecule has 1 aromatic rings. The molecule has 0 radical (unpaired) electrons. The summed E-state index contributed by atoms with van der Waals surface area (Å²) in [5, 5.41) is 3.39. The van der Waals surface area contributed by atoms with Crippen molar-refractivity contribution in [3.63, 3.8) is 0 Å². The van der Waals surface area contributed by atoms with Crippen molar-refractivity contribution < 1.29 is 9.13 Å². The van der Waals surface area contributed by atoms with Gasteiger partial charge in [0.15, 0.2) is 0 Å². The van der Waals surface area contributed by atoms with E-state index in [9.17, 15) is 4.39 Å². The third-order valence-corrected chi connectivity index (χ3v) is 3.09. The summed E-state index contributed by atoms with van der Waals surface area (Å²) in [6.07, 6.45) is 0. The fraction of sp³-hybridized carbons (Fsp3) is 0.538. The molecule has 94 valence electrons. The monoisotopic (exact) mass is 238 g/mol. The molecule has 17 heavy (non-hydrogen) atoms. The number of ether oxygens (including phenoxy) is 1. The lowest BCUT2D eigenvalue weighted by atomic mass is 10.1. The first-order valence-corrected chi connectivity index (χ1v) is 5.97. The lowest BCUT2D eigenvalue weighted by molar-refractivity contribution is 0.197. The van der Waals surface area contributed by atoms with Crippen molar-refractivity contribution in [1.29, 1.82) is 0 Å². The van der Waals surface area contributed by atoms with Gasteiger partial charge in [0.05, 0.1) is 7.11 Å². The molecule has 1 saturated heterocycles. The standard InChI is InChI=1S/C13H19FN2O/c1-10-8-16(6-5-15-10)9-11-7-12(14)3-4-13(11)17-2/h3-4,7,10,15H,5-6,8-9H2,1-2H3/t10-/m1/s1. The number of halogens is 1. The molecule has 2 rings (SSSR count). The fourth-order valence-electron chi connectivity index (χ4n) is 2.27. The number of hydrogen-bond acceptors (Lipinski definition) is 3. The Morgan fingerprint density at radius 3 is 3.06 bits per heavy atom. The molecule has 4 heteroatoms. The van der Waals surface area contributed by atoms with Crippen molar-refractivity contribution in [3.8, 4) is 5.75 Å². The number of methoxy groups -OCH3 is 1. The van der Waals surface area contributed by atoms with Crippen molar-refractivity contribution in [3.05, 3.63) is 29.6 Å². The van der Waals surface area contributed by atoms with Crippen LogP contribution in [-0.2, 0) is 6.54 Å². The van der Waals surface area contributed by atoms with E-state index in [1.54, 1.807) is 19.2 Å². The van der Waals surface area contributed by atoms with Gasteiger partial charge >= 0.3 is 0 Å². The number of piperazine rings is 1. The molecule has 0 aromatic heterocycles. The lowest BCUT2D eigenvalue weighted by Gasteiger charge is -2.32. The van der Waals surface area contributed by atoms with Gasteiger partial charge in [-0.2, -0.15) is 0 Å². The second-order valence-corrected chi connectivity index (χ2v) is 4.55.